The highest BCUT2D eigenvalue weighted by Crippen LogP contribution is 2.51. The minimum absolute atomic E-state index is 0.0663. The van der Waals surface area contributed by atoms with Crippen molar-refractivity contribution in [3.8, 4) is 22.7 Å². The van der Waals surface area contributed by atoms with E-state index in [4.69, 9.17) is 4.42 Å². The molecule has 0 bridgehead atoms. The normalized spacial score (nSPS) is 20.2. The molecule has 8 nitrogen and oxygen atoms in total. The molecular weight excluding hydrogens is 529 g/mol. The maximum absolute atomic E-state index is 13.7. The smallest absolute Gasteiger partial charge is 0.232 e. The molecule has 202 valence electrons. The van der Waals surface area contributed by atoms with Crippen molar-refractivity contribution < 1.29 is 26.3 Å². The van der Waals surface area contributed by atoms with E-state index in [-0.39, 0.29) is 24.2 Å². The molecule has 1 atom stereocenters. The predicted octanol–water partition coefficient (Wildman–Crippen LogP) is 6.43. The average molecular weight is 560 g/mol. The lowest BCUT2D eigenvalue weighted by Crippen LogP contribution is -2.32. The van der Waals surface area contributed by atoms with E-state index in [2.05, 4.69) is 9.97 Å². The highest BCUT2D eigenvalue weighted by Gasteiger charge is 2.34. The molecule has 1 aliphatic heterocycles. The van der Waals surface area contributed by atoms with Crippen LogP contribution in [0.4, 0.5) is 10.1 Å². The van der Waals surface area contributed by atoms with Crippen LogP contribution in [0.15, 0.2) is 53.2 Å². The second kappa shape index (κ2) is 9.41. The summed E-state index contributed by atoms with van der Waals surface area (Å²) in [6.07, 6.45) is 7.75. The minimum atomic E-state index is -3.63. The van der Waals surface area contributed by atoms with E-state index < -0.39 is 20.6 Å². The standard InChI is InChI=1S/C27H30FN3O5S2/c1-37(32,33)31(12-8-17-9-13-38(34,35)16-17)23-15-24-22(14-21(23)18-2-3-18)25(27-29-10-11-30-27)26(36-24)19-4-6-20(28)7-5-19/h4-7,10-11,14-15,17-18,34-35H,2-3,8-9,12-13,16H2,1H3,(H,29,30). The first kappa shape index (κ1) is 25.4. The topological polar surface area (TPSA) is 120 Å². The van der Waals surface area contributed by atoms with Crippen molar-refractivity contribution in [3.63, 3.8) is 0 Å². The van der Waals surface area contributed by atoms with Gasteiger partial charge in [-0.1, -0.05) is 0 Å². The maximum Gasteiger partial charge on any atom is 0.232 e. The second-order valence-corrected chi connectivity index (χ2v) is 14.6. The molecule has 1 unspecified atom stereocenters. The Balaban J connectivity index is 1.48. The Kier molecular flexibility index (Phi) is 6.29. The molecule has 2 aromatic heterocycles. The predicted molar refractivity (Wildman–Crippen MR) is 149 cm³/mol. The van der Waals surface area contributed by atoms with Crippen LogP contribution < -0.4 is 4.31 Å². The van der Waals surface area contributed by atoms with E-state index in [1.165, 1.54) is 22.7 Å². The fourth-order valence-electron chi connectivity index (χ4n) is 5.42. The summed E-state index contributed by atoms with van der Waals surface area (Å²) in [6.45, 7) is 0.251. The summed E-state index contributed by atoms with van der Waals surface area (Å²) in [4.78, 5) is 7.60. The van der Waals surface area contributed by atoms with Gasteiger partial charge in [-0.05, 0) is 73.4 Å². The fourth-order valence-corrected chi connectivity index (χ4v) is 8.34. The fraction of sp³-hybridized carbons (Fsp3) is 0.370. The molecule has 0 radical (unpaired) electrons. The Labute approximate surface area is 222 Å². The zero-order valence-corrected chi connectivity index (χ0v) is 22.6. The van der Waals surface area contributed by atoms with Crippen molar-refractivity contribution in [1.82, 2.24) is 9.97 Å². The highest BCUT2D eigenvalue weighted by atomic mass is 32.3. The van der Waals surface area contributed by atoms with Gasteiger partial charge in [0, 0.05) is 47.5 Å². The molecule has 6 rings (SSSR count). The van der Waals surface area contributed by atoms with Gasteiger partial charge in [-0.15, -0.1) is 0 Å². The summed E-state index contributed by atoms with van der Waals surface area (Å²) in [6, 6.07) is 9.86. The lowest BCUT2D eigenvalue weighted by Gasteiger charge is -2.28. The number of sulfonamides is 1. The SMILES string of the molecule is CS(=O)(=O)N(CCC1CCS(O)(O)C1)c1cc2oc(-c3ccc(F)cc3)c(-c3ncc[nH]3)c2cc1C1CC1. The number of hydrogen-bond donors (Lipinski definition) is 3. The van der Waals surface area contributed by atoms with Crippen molar-refractivity contribution in [1.29, 1.82) is 0 Å². The second-order valence-electron chi connectivity index (χ2n) is 10.4. The van der Waals surface area contributed by atoms with E-state index in [0.29, 0.717) is 52.8 Å². The zero-order valence-electron chi connectivity index (χ0n) is 20.9. The number of halogens is 1. The Morgan fingerprint density at radius 1 is 1.18 bits per heavy atom. The van der Waals surface area contributed by atoms with Crippen molar-refractivity contribution in [2.24, 2.45) is 5.92 Å². The number of imidazole rings is 1. The van der Waals surface area contributed by atoms with Crippen LogP contribution in [0.5, 0.6) is 0 Å². The Morgan fingerprint density at radius 3 is 2.55 bits per heavy atom. The zero-order chi connectivity index (χ0) is 26.7. The lowest BCUT2D eigenvalue weighted by molar-refractivity contribution is 0.489. The summed E-state index contributed by atoms with van der Waals surface area (Å²) in [7, 11) is -6.18. The quantitative estimate of drug-likeness (QED) is 0.229. The van der Waals surface area contributed by atoms with Crippen molar-refractivity contribution in [2.75, 3.05) is 28.6 Å². The van der Waals surface area contributed by atoms with Crippen molar-refractivity contribution in [2.45, 2.75) is 31.6 Å². The van der Waals surface area contributed by atoms with Gasteiger partial charge in [0.15, 0.2) is 0 Å². The lowest BCUT2D eigenvalue weighted by atomic mass is 10.00. The number of aromatic amines is 1. The van der Waals surface area contributed by atoms with Gasteiger partial charge in [-0.3, -0.25) is 13.4 Å². The molecular formula is C27H30FN3O5S2. The van der Waals surface area contributed by atoms with Gasteiger partial charge in [-0.25, -0.2) is 17.8 Å². The number of benzene rings is 2. The van der Waals surface area contributed by atoms with E-state index in [9.17, 15) is 21.9 Å². The highest BCUT2D eigenvalue weighted by molar-refractivity contribution is 8.24. The summed E-state index contributed by atoms with van der Waals surface area (Å²) < 4.78 is 67.6. The van der Waals surface area contributed by atoms with Crippen LogP contribution in [-0.4, -0.2) is 51.8 Å². The molecule has 3 heterocycles. The van der Waals surface area contributed by atoms with Crippen molar-refractivity contribution >= 4 is 37.3 Å². The van der Waals surface area contributed by atoms with Gasteiger partial charge in [0.05, 0.1) is 17.5 Å². The Hall–Kier alpha value is -2.86. The molecule has 1 saturated carbocycles. The molecule has 2 aliphatic rings. The Morgan fingerprint density at radius 2 is 1.95 bits per heavy atom. The van der Waals surface area contributed by atoms with Gasteiger partial charge in [-0.2, -0.15) is 10.6 Å². The first-order valence-electron chi connectivity index (χ1n) is 12.7. The number of H-pyrrole nitrogens is 1. The molecule has 1 aliphatic carbocycles. The van der Waals surface area contributed by atoms with Gasteiger partial charge in [0.25, 0.3) is 0 Å². The molecule has 0 spiro atoms. The number of aromatic nitrogens is 2. The number of furan rings is 1. The van der Waals surface area contributed by atoms with Gasteiger partial charge >= 0.3 is 0 Å². The summed E-state index contributed by atoms with van der Waals surface area (Å²) in [5, 5.41) is 0.808. The van der Waals surface area contributed by atoms with Crippen LogP contribution in [0.3, 0.4) is 0 Å². The number of nitrogens with zero attached hydrogens (tertiary/aromatic N) is 2. The average Bonchev–Trinajstić information content (AvgIpc) is 3.25. The number of hydrogen-bond acceptors (Lipinski definition) is 6. The van der Waals surface area contributed by atoms with Gasteiger partial charge < -0.3 is 9.40 Å². The Bertz CT molecular complexity index is 1580. The third kappa shape index (κ3) is 4.95. The van der Waals surface area contributed by atoms with Crippen LogP contribution >= 0.6 is 10.6 Å². The van der Waals surface area contributed by atoms with Crippen LogP contribution in [0.25, 0.3) is 33.7 Å². The van der Waals surface area contributed by atoms with Crippen molar-refractivity contribution in [3.05, 3.63) is 60.2 Å². The number of anilines is 1. The maximum atomic E-state index is 13.7. The molecule has 11 heteroatoms. The molecule has 4 aromatic rings. The summed E-state index contributed by atoms with van der Waals surface area (Å²) in [5.41, 5.74) is 3.48. The van der Waals surface area contributed by atoms with Crippen LogP contribution in [0.2, 0.25) is 0 Å². The molecule has 38 heavy (non-hydrogen) atoms. The minimum Gasteiger partial charge on any atom is -0.455 e. The van der Waals surface area contributed by atoms with E-state index in [1.807, 2.05) is 6.07 Å². The van der Waals surface area contributed by atoms with Gasteiger partial charge in [0.2, 0.25) is 10.0 Å². The number of rotatable bonds is 8. The number of nitrogens with one attached hydrogen (secondary N) is 1. The molecule has 3 N–H and O–H groups in total. The van der Waals surface area contributed by atoms with Crippen LogP contribution in [0.1, 0.15) is 37.2 Å². The monoisotopic (exact) mass is 559 g/mol. The van der Waals surface area contributed by atoms with Crippen LogP contribution in [0, 0.1) is 11.7 Å². The molecule has 1 saturated heterocycles. The molecule has 0 amide bonds. The van der Waals surface area contributed by atoms with E-state index in [0.717, 1.165) is 29.4 Å². The third-order valence-corrected chi connectivity index (χ3v) is 10.5. The first-order chi connectivity index (χ1) is 18.1. The summed E-state index contributed by atoms with van der Waals surface area (Å²) >= 11 is 0. The largest absolute Gasteiger partial charge is 0.455 e. The molecule has 2 aromatic carbocycles. The van der Waals surface area contributed by atoms with E-state index >= 15 is 0 Å². The first-order valence-corrected chi connectivity index (χ1v) is 16.4. The number of fused-ring (bicyclic) bond motifs is 1. The van der Waals surface area contributed by atoms with E-state index in [1.54, 1.807) is 30.6 Å². The third-order valence-electron chi connectivity index (χ3n) is 7.46. The summed E-state index contributed by atoms with van der Waals surface area (Å²) in [5.74, 6) is 1.79. The van der Waals surface area contributed by atoms with Gasteiger partial charge in [0.1, 0.15) is 23.0 Å². The van der Waals surface area contributed by atoms with Crippen LogP contribution in [-0.2, 0) is 10.0 Å². The molecule has 2 fully saturated rings.